The van der Waals surface area contributed by atoms with E-state index < -0.39 is 0 Å². The Morgan fingerprint density at radius 1 is 1.36 bits per heavy atom. The van der Waals surface area contributed by atoms with Gasteiger partial charge in [0.1, 0.15) is 0 Å². The molecule has 2 rings (SSSR count). The predicted molar refractivity (Wildman–Crippen MR) is 44.3 cm³/mol. The van der Waals surface area contributed by atoms with Crippen LogP contribution in [0.3, 0.4) is 0 Å². The smallest absolute Gasteiger partial charge is 0.0593 e. The van der Waals surface area contributed by atoms with Gasteiger partial charge in [-0.3, -0.25) is 0 Å². The van der Waals surface area contributed by atoms with Crippen molar-refractivity contribution in [3.8, 4) is 0 Å². The maximum absolute atomic E-state index is 5.70. The molecule has 4 N–H and O–H groups in total. The van der Waals surface area contributed by atoms with Crippen molar-refractivity contribution >= 4 is 0 Å². The summed E-state index contributed by atoms with van der Waals surface area (Å²) in [7, 11) is 0. The quantitative estimate of drug-likeness (QED) is 0.559. The number of nitrogens with zero attached hydrogens (tertiary/aromatic N) is 1. The van der Waals surface area contributed by atoms with E-state index in [0.717, 1.165) is 24.0 Å². The Hall–Kier alpha value is -1.12. The third-order valence-corrected chi connectivity index (χ3v) is 2.19. The van der Waals surface area contributed by atoms with Crippen LogP contribution in [0.25, 0.3) is 0 Å². The van der Waals surface area contributed by atoms with Crippen molar-refractivity contribution in [1.82, 2.24) is 4.90 Å². The van der Waals surface area contributed by atoms with E-state index in [2.05, 4.69) is 4.90 Å². The van der Waals surface area contributed by atoms with Crippen LogP contribution in [0.15, 0.2) is 23.7 Å². The Morgan fingerprint density at radius 2 is 2.09 bits per heavy atom. The normalized spacial score (nSPS) is 24.5. The molecule has 0 amide bonds. The van der Waals surface area contributed by atoms with Crippen molar-refractivity contribution in [1.29, 1.82) is 0 Å². The van der Waals surface area contributed by atoms with Crippen LogP contribution in [0.1, 0.15) is 12.8 Å². The highest BCUT2D eigenvalue weighted by molar-refractivity contribution is 5.26. The van der Waals surface area contributed by atoms with Crippen molar-refractivity contribution in [2.75, 3.05) is 6.54 Å². The summed E-state index contributed by atoms with van der Waals surface area (Å²) in [6, 6.07) is 0.734. The molecule has 60 valence electrons. The molecular formula is C8H13N3. The third-order valence-electron chi connectivity index (χ3n) is 2.19. The molecule has 0 unspecified atom stereocenters. The molecule has 0 spiro atoms. The second kappa shape index (κ2) is 2.19. The molecule has 0 aromatic carbocycles. The average molecular weight is 151 g/mol. The lowest BCUT2D eigenvalue weighted by atomic mass is 10.2. The van der Waals surface area contributed by atoms with Gasteiger partial charge in [-0.2, -0.15) is 0 Å². The molecular weight excluding hydrogens is 138 g/mol. The van der Waals surface area contributed by atoms with Gasteiger partial charge in [0.25, 0.3) is 0 Å². The zero-order valence-corrected chi connectivity index (χ0v) is 6.46. The highest BCUT2D eigenvalue weighted by atomic mass is 15.2. The number of hydrogen-bond acceptors (Lipinski definition) is 3. The van der Waals surface area contributed by atoms with Gasteiger partial charge in [0.15, 0.2) is 0 Å². The number of hydrogen-bond donors (Lipinski definition) is 2. The third kappa shape index (κ3) is 1.18. The Labute approximate surface area is 66.3 Å². The molecule has 1 aliphatic heterocycles. The molecule has 1 saturated carbocycles. The van der Waals surface area contributed by atoms with E-state index in [4.69, 9.17) is 11.5 Å². The lowest BCUT2D eigenvalue weighted by Gasteiger charge is -2.23. The summed E-state index contributed by atoms with van der Waals surface area (Å²) < 4.78 is 0. The van der Waals surface area contributed by atoms with Crippen molar-refractivity contribution in [2.45, 2.75) is 18.9 Å². The van der Waals surface area contributed by atoms with E-state index in [1.807, 2.05) is 12.3 Å². The molecule has 1 heterocycles. The molecule has 2 aliphatic rings. The van der Waals surface area contributed by atoms with E-state index >= 15 is 0 Å². The van der Waals surface area contributed by atoms with E-state index in [1.54, 1.807) is 0 Å². The predicted octanol–water partition coefficient (Wildman–Crippen LogP) is 0.107. The molecule has 1 fully saturated rings. The van der Waals surface area contributed by atoms with Crippen molar-refractivity contribution in [2.24, 2.45) is 11.5 Å². The largest absolute Gasteiger partial charge is 0.399 e. The minimum absolute atomic E-state index is 0.724. The zero-order valence-electron chi connectivity index (χ0n) is 6.46. The maximum atomic E-state index is 5.70. The first-order valence-corrected chi connectivity index (χ1v) is 3.95. The summed E-state index contributed by atoms with van der Waals surface area (Å²) in [6.07, 6.45) is 6.54. The first-order valence-electron chi connectivity index (χ1n) is 3.95. The van der Waals surface area contributed by atoms with Gasteiger partial charge in [-0.05, 0) is 18.9 Å². The molecule has 0 bridgehead atoms. The SMILES string of the molecule is NC1=C(N)CN(C2CC2)C=C1. The summed E-state index contributed by atoms with van der Waals surface area (Å²) in [5.74, 6) is 0. The van der Waals surface area contributed by atoms with E-state index in [9.17, 15) is 0 Å². The van der Waals surface area contributed by atoms with Gasteiger partial charge >= 0.3 is 0 Å². The monoisotopic (exact) mass is 151 g/mol. The summed E-state index contributed by atoms with van der Waals surface area (Å²) in [5, 5.41) is 0. The molecule has 0 aromatic heterocycles. The standard InChI is InChI=1S/C8H13N3/c9-7-3-4-11(5-8(7)10)6-1-2-6/h3-4,6H,1-2,5,9-10H2. The molecule has 1 aliphatic carbocycles. The summed E-state index contributed by atoms with van der Waals surface area (Å²) in [6.45, 7) is 0.812. The Morgan fingerprint density at radius 3 is 2.64 bits per heavy atom. The lowest BCUT2D eigenvalue weighted by Crippen LogP contribution is -2.30. The van der Waals surface area contributed by atoms with Gasteiger partial charge in [-0.25, -0.2) is 0 Å². The van der Waals surface area contributed by atoms with E-state index in [-0.39, 0.29) is 0 Å². The van der Waals surface area contributed by atoms with E-state index in [1.165, 1.54) is 12.8 Å². The molecule has 0 saturated heterocycles. The Bertz CT molecular complexity index is 225. The van der Waals surface area contributed by atoms with Crippen LogP contribution in [-0.4, -0.2) is 17.5 Å². The highest BCUT2D eigenvalue weighted by Crippen LogP contribution is 2.28. The fourth-order valence-electron chi connectivity index (χ4n) is 1.28. The fourth-order valence-corrected chi connectivity index (χ4v) is 1.28. The van der Waals surface area contributed by atoms with Crippen molar-refractivity contribution in [3.63, 3.8) is 0 Å². The first kappa shape index (κ1) is 6.58. The van der Waals surface area contributed by atoms with Crippen LogP contribution < -0.4 is 11.5 Å². The first-order chi connectivity index (χ1) is 5.27. The van der Waals surface area contributed by atoms with Crippen LogP contribution in [0.5, 0.6) is 0 Å². The summed E-state index contributed by atoms with van der Waals surface area (Å²) in [5.41, 5.74) is 12.8. The van der Waals surface area contributed by atoms with Gasteiger partial charge in [0.05, 0.1) is 17.9 Å². The minimum Gasteiger partial charge on any atom is -0.399 e. The topological polar surface area (TPSA) is 55.3 Å². The number of nitrogens with two attached hydrogens (primary N) is 2. The number of rotatable bonds is 1. The van der Waals surface area contributed by atoms with Crippen LogP contribution in [-0.2, 0) is 0 Å². The minimum atomic E-state index is 0.724. The summed E-state index contributed by atoms with van der Waals surface area (Å²) in [4.78, 5) is 2.26. The second-order valence-corrected chi connectivity index (χ2v) is 3.20. The molecule has 3 heteroatoms. The fraction of sp³-hybridized carbons (Fsp3) is 0.500. The maximum Gasteiger partial charge on any atom is 0.0593 e. The molecule has 0 radical (unpaired) electrons. The zero-order chi connectivity index (χ0) is 7.84. The van der Waals surface area contributed by atoms with Crippen LogP contribution >= 0.6 is 0 Å². The number of allylic oxidation sites excluding steroid dienone is 1. The van der Waals surface area contributed by atoms with Crippen LogP contribution in [0, 0.1) is 0 Å². The molecule has 11 heavy (non-hydrogen) atoms. The molecule has 0 aromatic rings. The molecule has 3 nitrogen and oxygen atoms in total. The Kier molecular flexibility index (Phi) is 1.31. The van der Waals surface area contributed by atoms with Gasteiger partial charge in [0, 0.05) is 12.2 Å². The van der Waals surface area contributed by atoms with Gasteiger partial charge in [-0.1, -0.05) is 0 Å². The average Bonchev–Trinajstić information content (AvgIpc) is 2.77. The van der Waals surface area contributed by atoms with Crippen LogP contribution in [0.2, 0.25) is 0 Å². The van der Waals surface area contributed by atoms with Crippen molar-refractivity contribution < 1.29 is 0 Å². The van der Waals surface area contributed by atoms with Crippen molar-refractivity contribution in [3.05, 3.63) is 23.7 Å². The van der Waals surface area contributed by atoms with Gasteiger partial charge in [0.2, 0.25) is 0 Å². The second-order valence-electron chi connectivity index (χ2n) is 3.20. The van der Waals surface area contributed by atoms with E-state index in [0.29, 0.717) is 0 Å². The Balaban J connectivity index is 2.07. The highest BCUT2D eigenvalue weighted by Gasteiger charge is 2.28. The summed E-state index contributed by atoms with van der Waals surface area (Å²) >= 11 is 0. The van der Waals surface area contributed by atoms with Gasteiger partial charge < -0.3 is 16.4 Å². The molecule has 0 atom stereocenters. The van der Waals surface area contributed by atoms with Gasteiger partial charge in [-0.15, -0.1) is 0 Å². The lowest BCUT2D eigenvalue weighted by molar-refractivity contribution is 0.388. The van der Waals surface area contributed by atoms with Crippen LogP contribution in [0.4, 0.5) is 0 Å².